The fourth-order valence-electron chi connectivity index (χ4n) is 0.507. The second-order valence-electron chi connectivity index (χ2n) is 1.79. The van der Waals surface area contributed by atoms with Crippen molar-refractivity contribution in [1.82, 2.24) is 26.1 Å². The van der Waals surface area contributed by atoms with E-state index in [1.807, 2.05) is 0 Å². The van der Waals surface area contributed by atoms with Gasteiger partial charge >= 0.3 is 0 Å². The van der Waals surface area contributed by atoms with E-state index in [-0.39, 0.29) is 6.15 Å². The van der Waals surface area contributed by atoms with Crippen molar-refractivity contribution in [3.63, 3.8) is 0 Å². The molecule has 0 radical (unpaired) electrons. The maximum Gasteiger partial charge on any atom is 0.0451 e. The topological polar surface area (TPSA) is 86.6 Å². The van der Waals surface area contributed by atoms with E-state index >= 15 is 0 Å². The van der Waals surface area contributed by atoms with Crippen molar-refractivity contribution in [3.8, 4) is 0 Å². The van der Waals surface area contributed by atoms with Crippen molar-refractivity contribution in [2.45, 2.75) is 0 Å². The summed E-state index contributed by atoms with van der Waals surface area (Å²) in [6.07, 6.45) is 13.1. The Balaban J connectivity index is 0.000000206. The summed E-state index contributed by atoms with van der Waals surface area (Å²) in [7, 11) is 0. The van der Waals surface area contributed by atoms with Crippen LogP contribution in [0, 0.1) is 0 Å². The molecule has 0 unspecified atom stereocenters. The van der Waals surface area contributed by atoms with E-state index in [9.17, 15) is 0 Å². The van der Waals surface area contributed by atoms with Gasteiger partial charge in [0, 0.05) is 49.6 Å². The zero-order chi connectivity index (χ0) is 8.49. The van der Waals surface area contributed by atoms with Crippen LogP contribution in [0.3, 0.4) is 0 Å². The Morgan fingerprint density at radius 1 is 0.385 bits per heavy atom. The fraction of sp³-hybridized carbons (Fsp3) is 0. The molecule has 0 saturated carbocycles. The van der Waals surface area contributed by atoms with Crippen LogP contribution in [-0.2, 0) is 0 Å². The van der Waals surface area contributed by atoms with Crippen LogP contribution in [0.5, 0.6) is 0 Å². The number of hydrogen-bond donors (Lipinski definition) is 1. The minimum absolute atomic E-state index is 0. The predicted octanol–water partition coefficient (Wildman–Crippen LogP) is 1.12. The Hall–Kier alpha value is -1.88. The minimum Gasteiger partial charge on any atom is -0.344 e. The average molecular weight is 177 g/mol. The lowest BCUT2D eigenvalue weighted by Crippen LogP contribution is -1.66. The second kappa shape index (κ2) is 8.22. The molecule has 0 aliphatic carbocycles. The van der Waals surface area contributed by atoms with E-state index in [4.69, 9.17) is 0 Å². The van der Waals surface area contributed by atoms with Crippen molar-refractivity contribution < 1.29 is 0 Å². The molecule has 0 aliphatic heterocycles. The Kier molecular flexibility index (Phi) is 7.03. The first-order chi connectivity index (χ1) is 6.00. The second-order valence-corrected chi connectivity index (χ2v) is 1.79. The van der Waals surface area contributed by atoms with Crippen molar-refractivity contribution in [2.75, 3.05) is 0 Å². The van der Waals surface area contributed by atoms with Gasteiger partial charge in [0.25, 0.3) is 0 Å². The zero-order valence-electron chi connectivity index (χ0n) is 7.11. The number of aromatic nitrogens is 4. The van der Waals surface area contributed by atoms with Crippen LogP contribution in [0.1, 0.15) is 0 Å². The SMILES string of the molecule is N.c1cnccn1.c1cnccn1. The van der Waals surface area contributed by atoms with Gasteiger partial charge in [0.1, 0.15) is 0 Å². The lowest BCUT2D eigenvalue weighted by molar-refractivity contribution is 1.20. The van der Waals surface area contributed by atoms with E-state index < -0.39 is 0 Å². The summed E-state index contributed by atoms with van der Waals surface area (Å²) >= 11 is 0. The maximum atomic E-state index is 3.72. The first-order valence-electron chi connectivity index (χ1n) is 3.40. The quantitative estimate of drug-likeness (QED) is 0.651. The fourth-order valence-corrected chi connectivity index (χ4v) is 0.507. The lowest BCUT2D eigenvalue weighted by atomic mass is 10.8. The van der Waals surface area contributed by atoms with Gasteiger partial charge in [0.15, 0.2) is 0 Å². The van der Waals surface area contributed by atoms with Gasteiger partial charge in [0.05, 0.1) is 0 Å². The molecule has 0 aliphatic rings. The van der Waals surface area contributed by atoms with E-state index in [0.717, 1.165) is 0 Å². The summed E-state index contributed by atoms with van der Waals surface area (Å²) < 4.78 is 0. The third kappa shape index (κ3) is 6.52. The molecular weight excluding hydrogens is 166 g/mol. The highest BCUT2D eigenvalue weighted by Crippen LogP contribution is 1.66. The molecule has 0 bridgehead atoms. The van der Waals surface area contributed by atoms with Crippen molar-refractivity contribution >= 4 is 0 Å². The average Bonchev–Trinajstić information content (AvgIpc) is 2.24. The van der Waals surface area contributed by atoms with Crippen LogP contribution in [-0.4, -0.2) is 19.9 Å². The highest BCUT2D eigenvalue weighted by atomic mass is 14.7. The van der Waals surface area contributed by atoms with Crippen LogP contribution < -0.4 is 6.15 Å². The molecule has 0 atom stereocenters. The molecule has 0 fully saturated rings. The van der Waals surface area contributed by atoms with Crippen LogP contribution in [0.15, 0.2) is 49.6 Å². The van der Waals surface area contributed by atoms with Gasteiger partial charge in [0.2, 0.25) is 0 Å². The number of hydrogen-bond acceptors (Lipinski definition) is 5. The molecule has 0 amide bonds. The van der Waals surface area contributed by atoms with Crippen LogP contribution in [0.2, 0.25) is 0 Å². The van der Waals surface area contributed by atoms with E-state index in [0.29, 0.717) is 0 Å². The zero-order valence-corrected chi connectivity index (χ0v) is 7.11. The van der Waals surface area contributed by atoms with Gasteiger partial charge in [-0.25, -0.2) is 0 Å². The minimum atomic E-state index is 0. The van der Waals surface area contributed by atoms with Gasteiger partial charge in [-0.05, 0) is 0 Å². The normalized spacial score (nSPS) is 7.38. The Morgan fingerprint density at radius 3 is 0.615 bits per heavy atom. The van der Waals surface area contributed by atoms with Gasteiger partial charge in [-0.2, -0.15) is 0 Å². The molecule has 0 saturated heterocycles. The molecule has 5 heteroatoms. The maximum absolute atomic E-state index is 3.72. The highest BCUT2D eigenvalue weighted by Gasteiger charge is 1.59. The standard InChI is InChI=1S/2C4H4N2.H3N/c2*1-2-6-4-3-5-1;/h2*1-4H;1H3. The number of nitrogens with zero attached hydrogens (tertiary/aromatic N) is 4. The third-order valence-electron chi connectivity index (χ3n) is 0.955. The molecular formula is C8H11N5. The van der Waals surface area contributed by atoms with Gasteiger partial charge in [-0.15, -0.1) is 0 Å². The summed E-state index contributed by atoms with van der Waals surface area (Å²) in [5.41, 5.74) is 0. The summed E-state index contributed by atoms with van der Waals surface area (Å²) in [6, 6.07) is 0. The van der Waals surface area contributed by atoms with E-state index in [1.54, 1.807) is 49.6 Å². The molecule has 68 valence electrons. The Morgan fingerprint density at radius 2 is 0.538 bits per heavy atom. The van der Waals surface area contributed by atoms with Gasteiger partial charge in [-0.3, -0.25) is 19.9 Å². The molecule has 2 rings (SSSR count). The van der Waals surface area contributed by atoms with Crippen molar-refractivity contribution in [3.05, 3.63) is 49.6 Å². The predicted molar refractivity (Wildman–Crippen MR) is 49.1 cm³/mol. The summed E-state index contributed by atoms with van der Waals surface area (Å²) in [5.74, 6) is 0. The highest BCUT2D eigenvalue weighted by molar-refractivity contribution is 4.71. The third-order valence-corrected chi connectivity index (χ3v) is 0.955. The Bertz CT molecular complexity index is 188. The Labute approximate surface area is 76.5 Å². The van der Waals surface area contributed by atoms with Gasteiger partial charge < -0.3 is 6.15 Å². The molecule has 2 aromatic heterocycles. The molecule has 3 N–H and O–H groups in total. The van der Waals surface area contributed by atoms with Crippen LogP contribution >= 0.6 is 0 Å². The van der Waals surface area contributed by atoms with Gasteiger partial charge in [-0.1, -0.05) is 0 Å². The number of rotatable bonds is 0. The molecule has 2 heterocycles. The largest absolute Gasteiger partial charge is 0.344 e. The van der Waals surface area contributed by atoms with Crippen LogP contribution in [0.4, 0.5) is 0 Å². The lowest BCUT2D eigenvalue weighted by Gasteiger charge is -1.70. The molecule has 0 spiro atoms. The van der Waals surface area contributed by atoms with E-state index in [2.05, 4.69) is 19.9 Å². The first kappa shape index (κ1) is 11.1. The monoisotopic (exact) mass is 177 g/mol. The van der Waals surface area contributed by atoms with Crippen molar-refractivity contribution in [1.29, 1.82) is 0 Å². The summed E-state index contributed by atoms with van der Waals surface area (Å²) in [5, 5.41) is 0. The molecule has 5 nitrogen and oxygen atoms in total. The molecule has 2 aromatic rings. The first-order valence-corrected chi connectivity index (χ1v) is 3.40. The van der Waals surface area contributed by atoms with Crippen LogP contribution in [0.25, 0.3) is 0 Å². The van der Waals surface area contributed by atoms with Crippen molar-refractivity contribution in [2.24, 2.45) is 0 Å². The molecule has 0 aromatic carbocycles. The summed E-state index contributed by atoms with van der Waals surface area (Å²) in [6.45, 7) is 0. The van der Waals surface area contributed by atoms with E-state index in [1.165, 1.54) is 0 Å². The molecule has 13 heavy (non-hydrogen) atoms. The summed E-state index contributed by atoms with van der Waals surface area (Å²) in [4.78, 5) is 14.9. The smallest absolute Gasteiger partial charge is 0.0451 e.